The summed E-state index contributed by atoms with van der Waals surface area (Å²) in [5.41, 5.74) is 1.08. The van der Waals surface area contributed by atoms with E-state index in [0.717, 1.165) is 5.56 Å². The molecule has 0 aromatic heterocycles. The number of hydrogen-bond acceptors (Lipinski definition) is 2. The summed E-state index contributed by atoms with van der Waals surface area (Å²) >= 11 is 0. The van der Waals surface area contributed by atoms with E-state index < -0.39 is 5.97 Å². The molecule has 0 heterocycles. The molecule has 0 saturated heterocycles. The molecular formula is C16H21NO3. The van der Waals surface area contributed by atoms with Crippen molar-refractivity contribution < 1.29 is 14.7 Å². The van der Waals surface area contributed by atoms with Crippen LogP contribution in [-0.4, -0.2) is 17.0 Å². The number of benzene rings is 1. The van der Waals surface area contributed by atoms with E-state index in [9.17, 15) is 9.59 Å². The summed E-state index contributed by atoms with van der Waals surface area (Å²) < 4.78 is 0. The van der Waals surface area contributed by atoms with Gasteiger partial charge in [0.2, 0.25) is 5.91 Å². The second kappa shape index (κ2) is 6.55. The molecule has 1 unspecified atom stereocenters. The summed E-state index contributed by atoms with van der Waals surface area (Å²) in [6.45, 7) is 1.97. The number of rotatable bonds is 4. The van der Waals surface area contributed by atoms with Gasteiger partial charge in [0.05, 0.1) is 12.0 Å². The van der Waals surface area contributed by atoms with E-state index in [2.05, 4.69) is 5.32 Å². The number of carbonyl (C=O) groups is 2. The fraction of sp³-hybridized carbons (Fsp3) is 0.500. The zero-order valence-corrected chi connectivity index (χ0v) is 11.7. The molecule has 108 valence electrons. The van der Waals surface area contributed by atoms with Gasteiger partial charge in [0, 0.05) is 5.92 Å². The van der Waals surface area contributed by atoms with Crippen LogP contribution < -0.4 is 5.32 Å². The van der Waals surface area contributed by atoms with E-state index in [4.69, 9.17) is 5.11 Å². The predicted molar refractivity (Wildman–Crippen MR) is 76.1 cm³/mol. The number of carboxylic acids is 1. The van der Waals surface area contributed by atoms with Crippen LogP contribution in [0.15, 0.2) is 30.3 Å². The highest BCUT2D eigenvalue weighted by molar-refractivity contribution is 5.79. The standard InChI is InChI=1S/C16H21NO3/c1-11(12-5-3-2-4-6-12)17-15(18)13-7-9-14(10-8-13)16(19)20/h2-6,11,13-14H,7-10H2,1H3,(H,17,18)(H,19,20). The first kappa shape index (κ1) is 14.6. The lowest BCUT2D eigenvalue weighted by Crippen LogP contribution is -2.35. The zero-order valence-electron chi connectivity index (χ0n) is 11.7. The van der Waals surface area contributed by atoms with Gasteiger partial charge in [-0.15, -0.1) is 0 Å². The quantitative estimate of drug-likeness (QED) is 0.888. The summed E-state index contributed by atoms with van der Waals surface area (Å²) in [6.07, 6.45) is 2.55. The second-order valence-corrected chi connectivity index (χ2v) is 5.53. The lowest BCUT2D eigenvalue weighted by molar-refractivity contribution is -0.144. The van der Waals surface area contributed by atoms with Gasteiger partial charge in [0.1, 0.15) is 0 Å². The van der Waals surface area contributed by atoms with Crippen LogP contribution in [0.25, 0.3) is 0 Å². The fourth-order valence-electron chi connectivity index (χ4n) is 2.76. The van der Waals surface area contributed by atoms with Crippen LogP contribution in [0, 0.1) is 11.8 Å². The van der Waals surface area contributed by atoms with Gasteiger partial charge in [-0.2, -0.15) is 0 Å². The summed E-state index contributed by atoms with van der Waals surface area (Å²) in [4.78, 5) is 23.1. The SMILES string of the molecule is CC(NC(=O)C1CCC(C(=O)O)CC1)c1ccccc1. The minimum Gasteiger partial charge on any atom is -0.481 e. The molecule has 1 aliphatic carbocycles. The van der Waals surface area contributed by atoms with Crippen molar-refractivity contribution in [2.75, 3.05) is 0 Å². The molecule has 2 N–H and O–H groups in total. The molecule has 1 aromatic carbocycles. The number of aliphatic carboxylic acids is 1. The molecule has 0 aliphatic heterocycles. The lowest BCUT2D eigenvalue weighted by Gasteiger charge is -2.26. The summed E-state index contributed by atoms with van der Waals surface area (Å²) in [5.74, 6) is -1.01. The van der Waals surface area contributed by atoms with Gasteiger partial charge in [-0.1, -0.05) is 30.3 Å². The maximum Gasteiger partial charge on any atom is 0.306 e. The van der Waals surface area contributed by atoms with Crippen molar-refractivity contribution in [1.82, 2.24) is 5.32 Å². The third-order valence-corrected chi connectivity index (χ3v) is 4.11. The molecule has 1 atom stereocenters. The Hall–Kier alpha value is -1.84. The number of nitrogens with one attached hydrogen (secondary N) is 1. The smallest absolute Gasteiger partial charge is 0.306 e. The zero-order chi connectivity index (χ0) is 14.5. The van der Waals surface area contributed by atoms with Crippen LogP contribution in [0.4, 0.5) is 0 Å². The number of hydrogen-bond donors (Lipinski definition) is 2. The van der Waals surface area contributed by atoms with Crippen molar-refractivity contribution in [3.05, 3.63) is 35.9 Å². The molecular weight excluding hydrogens is 254 g/mol. The number of carbonyl (C=O) groups excluding carboxylic acids is 1. The highest BCUT2D eigenvalue weighted by Crippen LogP contribution is 2.29. The van der Waals surface area contributed by atoms with Crippen LogP contribution in [0.1, 0.15) is 44.2 Å². The van der Waals surface area contributed by atoms with Gasteiger partial charge in [0.15, 0.2) is 0 Å². The molecule has 2 rings (SSSR count). The average molecular weight is 275 g/mol. The van der Waals surface area contributed by atoms with Gasteiger partial charge < -0.3 is 10.4 Å². The Labute approximate surface area is 119 Å². The van der Waals surface area contributed by atoms with E-state index in [-0.39, 0.29) is 23.8 Å². The van der Waals surface area contributed by atoms with Crippen LogP contribution in [-0.2, 0) is 9.59 Å². The molecule has 0 radical (unpaired) electrons. The predicted octanol–water partition coefficient (Wildman–Crippen LogP) is 2.75. The molecule has 1 saturated carbocycles. The number of amides is 1. The molecule has 1 amide bonds. The first-order valence-electron chi connectivity index (χ1n) is 7.16. The van der Waals surface area contributed by atoms with Crippen molar-refractivity contribution in [2.45, 2.75) is 38.6 Å². The molecule has 1 fully saturated rings. The molecule has 20 heavy (non-hydrogen) atoms. The minimum absolute atomic E-state index is 0.0131. The number of carboxylic acid groups (broad SMARTS) is 1. The van der Waals surface area contributed by atoms with E-state index in [1.54, 1.807) is 0 Å². The third kappa shape index (κ3) is 3.59. The monoisotopic (exact) mass is 275 g/mol. The third-order valence-electron chi connectivity index (χ3n) is 4.11. The largest absolute Gasteiger partial charge is 0.481 e. The Kier molecular flexibility index (Phi) is 4.77. The summed E-state index contributed by atoms with van der Waals surface area (Å²) in [5, 5.41) is 12.0. The van der Waals surface area contributed by atoms with Crippen molar-refractivity contribution in [1.29, 1.82) is 0 Å². The highest BCUT2D eigenvalue weighted by Gasteiger charge is 2.30. The molecule has 0 spiro atoms. The van der Waals surface area contributed by atoms with Gasteiger partial charge in [-0.05, 0) is 38.2 Å². The second-order valence-electron chi connectivity index (χ2n) is 5.53. The topological polar surface area (TPSA) is 66.4 Å². The van der Waals surface area contributed by atoms with E-state index in [0.29, 0.717) is 25.7 Å². The summed E-state index contributed by atoms with van der Waals surface area (Å²) in [7, 11) is 0. The van der Waals surface area contributed by atoms with Crippen molar-refractivity contribution in [3.63, 3.8) is 0 Å². The van der Waals surface area contributed by atoms with Crippen molar-refractivity contribution >= 4 is 11.9 Å². The lowest BCUT2D eigenvalue weighted by atomic mass is 9.81. The Morgan fingerprint density at radius 3 is 2.20 bits per heavy atom. The molecule has 1 aliphatic rings. The van der Waals surface area contributed by atoms with Crippen LogP contribution in [0.5, 0.6) is 0 Å². The van der Waals surface area contributed by atoms with Gasteiger partial charge in [-0.25, -0.2) is 0 Å². The highest BCUT2D eigenvalue weighted by atomic mass is 16.4. The van der Waals surface area contributed by atoms with Gasteiger partial charge in [-0.3, -0.25) is 9.59 Å². The van der Waals surface area contributed by atoms with Gasteiger partial charge in [0.25, 0.3) is 0 Å². The van der Waals surface area contributed by atoms with Gasteiger partial charge >= 0.3 is 5.97 Å². The Morgan fingerprint density at radius 1 is 1.10 bits per heavy atom. The maximum absolute atomic E-state index is 12.2. The van der Waals surface area contributed by atoms with Crippen molar-refractivity contribution in [2.24, 2.45) is 11.8 Å². The maximum atomic E-state index is 12.2. The fourth-order valence-corrected chi connectivity index (χ4v) is 2.76. The Bertz CT molecular complexity index is 464. The molecule has 1 aromatic rings. The first-order chi connectivity index (χ1) is 9.58. The Balaban J connectivity index is 1.85. The van der Waals surface area contributed by atoms with Crippen LogP contribution in [0.3, 0.4) is 0 Å². The molecule has 0 bridgehead atoms. The van der Waals surface area contributed by atoms with Crippen LogP contribution in [0.2, 0.25) is 0 Å². The van der Waals surface area contributed by atoms with Crippen molar-refractivity contribution in [3.8, 4) is 0 Å². The van der Waals surface area contributed by atoms with E-state index in [1.807, 2.05) is 37.3 Å². The minimum atomic E-state index is -0.735. The first-order valence-corrected chi connectivity index (χ1v) is 7.16. The summed E-state index contributed by atoms with van der Waals surface area (Å²) in [6, 6.07) is 9.83. The van der Waals surface area contributed by atoms with E-state index >= 15 is 0 Å². The molecule has 4 nitrogen and oxygen atoms in total. The molecule has 4 heteroatoms. The van der Waals surface area contributed by atoms with E-state index in [1.165, 1.54) is 0 Å². The van der Waals surface area contributed by atoms with Crippen LogP contribution >= 0.6 is 0 Å². The normalized spacial score (nSPS) is 23.9. The average Bonchev–Trinajstić information content (AvgIpc) is 2.48. The Morgan fingerprint density at radius 2 is 1.65 bits per heavy atom.